The number of hydrogen-bond donors (Lipinski definition) is 1. The number of Topliss-reactive ketones (excluding diaryl/α,β-unsaturated/α-hetero) is 1. The van der Waals surface area contributed by atoms with Gasteiger partial charge in [0.15, 0.2) is 6.10 Å². The SMILES string of the molecule is CC(=O)C[C@@H](CN)C[C@@H]1OC1=O. The first-order chi connectivity index (χ1) is 5.63. The van der Waals surface area contributed by atoms with Crippen LogP contribution in [0.4, 0.5) is 0 Å². The summed E-state index contributed by atoms with van der Waals surface area (Å²) in [6.45, 7) is 1.96. The predicted octanol–water partition coefficient (Wildman–Crippen LogP) is -0.144. The Hall–Kier alpha value is -0.900. The van der Waals surface area contributed by atoms with Crippen LogP contribution < -0.4 is 5.73 Å². The van der Waals surface area contributed by atoms with Crippen molar-refractivity contribution in [1.29, 1.82) is 0 Å². The van der Waals surface area contributed by atoms with Crippen molar-refractivity contribution in [1.82, 2.24) is 0 Å². The maximum atomic E-state index is 10.7. The van der Waals surface area contributed by atoms with Gasteiger partial charge in [-0.3, -0.25) is 0 Å². The van der Waals surface area contributed by atoms with Crippen molar-refractivity contribution in [2.45, 2.75) is 25.9 Å². The number of cyclic esters (lactones) is 1. The van der Waals surface area contributed by atoms with E-state index in [9.17, 15) is 9.59 Å². The number of hydrogen-bond acceptors (Lipinski definition) is 4. The van der Waals surface area contributed by atoms with E-state index in [0.717, 1.165) is 0 Å². The van der Waals surface area contributed by atoms with Crippen molar-refractivity contribution >= 4 is 11.8 Å². The van der Waals surface area contributed by atoms with E-state index in [4.69, 9.17) is 5.73 Å². The maximum Gasteiger partial charge on any atom is 0.348 e. The van der Waals surface area contributed by atoms with Gasteiger partial charge in [-0.05, 0) is 25.8 Å². The molecule has 0 aliphatic carbocycles. The van der Waals surface area contributed by atoms with E-state index in [2.05, 4.69) is 4.74 Å². The number of ether oxygens (including phenoxy) is 1. The van der Waals surface area contributed by atoms with Crippen LogP contribution in [0.1, 0.15) is 19.8 Å². The molecule has 4 heteroatoms. The fourth-order valence-electron chi connectivity index (χ4n) is 1.22. The first-order valence-corrected chi connectivity index (χ1v) is 4.03. The van der Waals surface area contributed by atoms with E-state index < -0.39 is 0 Å². The molecular formula is C8H13NO3. The average Bonchev–Trinajstić information content (AvgIpc) is 2.64. The van der Waals surface area contributed by atoms with Gasteiger partial charge in [-0.2, -0.15) is 0 Å². The Labute approximate surface area is 71.1 Å². The zero-order valence-corrected chi connectivity index (χ0v) is 7.08. The van der Waals surface area contributed by atoms with Gasteiger partial charge in [0.05, 0.1) is 0 Å². The van der Waals surface area contributed by atoms with Crippen LogP contribution in [0.25, 0.3) is 0 Å². The topological polar surface area (TPSA) is 72.7 Å². The molecule has 12 heavy (non-hydrogen) atoms. The van der Waals surface area contributed by atoms with Gasteiger partial charge in [0.1, 0.15) is 5.78 Å². The highest BCUT2D eigenvalue weighted by molar-refractivity contribution is 5.87. The number of rotatable bonds is 5. The Morgan fingerprint density at radius 2 is 2.33 bits per heavy atom. The molecule has 0 saturated carbocycles. The molecule has 0 radical (unpaired) electrons. The summed E-state index contributed by atoms with van der Waals surface area (Å²) in [6, 6.07) is 0. The molecule has 0 amide bonds. The van der Waals surface area contributed by atoms with Crippen molar-refractivity contribution in [2.75, 3.05) is 6.54 Å². The van der Waals surface area contributed by atoms with E-state index in [1.54, 1.807) is 0 Å². The Bertz CT molecular complexity index is 202. The van der Waals surface area contributed by atoms with Crippen molar-refractivity contribution in [3.63, 3.8) is 0 Å². The summed E-state index contributed by atoms with van der Waals surface area (Å²) in [5.74, 6) is 0.0366. The number of nitrogens with two attached hydrogens (primary N) is 1. The van der Waals surface area contributed by atoms with Crippen LogP contribution in [0, 0.1) is 5.92 Å². The normalized spacial score (nSPS) is 23.2. The zero-order chi connectivity index (χ0) is 9.14. The van der Waals surface area contributed by atoms with Gasteiger partial charge >= 0.3 is 5.97 Å². The van der Waals surface area contributed by atoms with Crippen LogP contribution in [0.5, 0.6) is 0 Å². The molecular weight excluding hydrogens is 158 g/mol. The van der Waals surface area contributed by atoms with Gasteiger partial charge in [0.2, 0.25) is 0 Å². The molecule has 0 aromatic carbocycles. The standard InChI is InChI=1S/C8H13NO3/c1-5(10)2-6(4-9)3-7-8(11)12-7/h6-7H,2-4,9H2,1H3/t6-,7+/m1/s1. The first kappa shape index (κ1) is 9.19. The molecule has 1 aliphatic rings. The fraction of sp³-hybridized carbons (Fsp3) is 0.750. The second kappa shape index (κ2) is 3.67. The summed E-state index contributed by atoms with van der Waals surface area (Å²) in [7, 11) is 0. The van der Waals surface area contributed by atoms with E-state index in [1.807, 2.05) is 0 Å². The minimum Gasteiger partial charge on any atom is -0.448 e. The highest BCUT2D eigenvalue weighted by atomic mass is 16.6. The number of carbonyl (C=O) groups excluding carboxylic acids is 2. The summed E-state index contributed by atoms with van der Waals surface area (Å²) >= 11 is 0. The highest BCUT2D eigenvalue weighted by Crippen LogP contribution is 2.22. The van der Waals surface area contributed by atoms with E-state index >= 15 is 0 Å². The van der Waals surface area contributed by atoms with Gasteiger partial charge in [0, 0.05) is 6.42 Å². The van der Waals surface area contributed by atoms with Gasteiger partial charge < -0.3 is 15.3 Å². The summed E-state index contributed by atoms with van der Waals surface area (Å²) in [5.41, 5.74) is 5.42. The second-order valence-corrected chi connectivity index (χ2v) is 3.17. The van der Waals surface area contributed by atoms with Gasteiger partial charge in [-0.15, -0.1) is 0 Å². The quantitative estimate of drug-likeness (QED) is 0.584. The second-order valence-electron chi connectivity index (χ2n) is 3.17. The van der Waals surface area contributed by atoms with Crippen molar-refractivity contribution in [2.24, 2.45) is 11.7 Å². The molecule has 0 aromatic rings. The zero-order valence-electron chi connectivity index (χ0n) is 7.08. The van der Waals surface area contributed by atoms with Gasteiger partial charge in [-0.1, -0.05) is 0 Å². The smallest absolute Gasteiger partial charge is 0.348 e. The molecule has 1 heterocycles. The lowest BCUT2D eigenvalue weighted by molar-refractivity contribution is -0.118. The predicted molar refractivity (Wildman–Crippen MR) is 42.3 cm³/mol. The van der Waals surface area contributed by atoms with Crippen LogP contribution in [0.15, 0.2) is 0 Å². The van der Waals surface area contributed by atoms with Crippen molar-refractivity contribution in [3.05, 3.63) is 0 Å². The molecule has 2 N–H and O–H groups in total. The van der Waals surface area contributed by atoms with Crippen LogP contribution in [-0.4, -0.2) is 24.4 Å². The Morgan fingerprint density at radius 1 is 1.75 bits per heavy atom. The monoisotopic (exact) mass is 171 g/mol. The third kappa shape index (κ3) is 2.62. The molecule has 0 unspecified atom stereocenters. The van der Waals surface area contributed by atoms with Crippen LogP contribution in [-0.2, 0) is 14.3 Å². The summed E-state index contributed by atoms with van der Waals surface area (Å²) in [4.78, 5) is 21.2. The minimum absolute atomic E-state index is 0.0962. The molecule has 0 spiro atoms. The van der Waals surface area contributed by atoms with Crippen LogP contribution in [0.2, 0.25) is 0 Å². The summed E-state index contributed by atoms with van der Waals surface area (Å²) in [5, 5.41) is 0. The Balaban J connectivity index is 2.25. The Morgan fingerprint density at radius 3 is 2.67 bits per heavy atom. The molecule has 1 aliphatic heterocycles. The molecule has 0 aromatic heterocycles. The van der Waals surface area contributed by atoms with E-state index in [-0.39, 0.29) is 23.8 Å². The van der Waals surface area contributed by atoms with E-state index in [0.29, 0.717) is 19.4 Å². The lowest BCUT2D eigenvalue weighted by Gasteiger charge is -2.08. The molecule has 1 fully saturated rings. The Kier molecular flexibility index (Phi) is 2.81. The van der Waals surface area contributed by atoms with Crippen molar-refractivity contribution < 1.29 is 14.3 Å². The van der Waals surface area contributed by atoms with Gasteiger partial charge in [-0.25, -0.2) is 4.79 Å². The van der Waals surface area contributed by atoms with Crippen LogP contribution >= 0.6 is 0 Å². The lowest BCUT2D eigenvalue weighted by atomic mass is 9.98. The summed E-state index contributed by atoms with van der Waals surface area (Å²) in [6.07, 6.45) is 0.761. The number of carbonyl (C=O) groups is 2. The highest BCUT2D eigenvalue weighted by Gasteiger charge is 2.39. The largest absolute Gasteiger partial charge is 0.448 e. The molecule has 1 rings (SSSR count). The fourth-order valence-corrected chi connectivity index (χ4v) is 1.22. The molecule has 4 nitrogen and oxygen atoms in total. The van der Waals surface area contributed by atoms with E-state index in [1.165, 1.54) is 6.92 Å². The molecule has 0 bridgehead atoms. The third-order valence-electron chi connectivity index (χ3n) is 1.92. The molecule has 1 saturated heterocycles. The number of ketones is 1. The average molecular weight is 171 g/mol. The first-order valence-electron chi connectivity index (χ1n) is 4.03. The van der Waals surface area contributed by atoms with Gasteiger partial charge in [0.25, 0.3) is 0 Å². The lowest BCUT2D eigenvalue weighted by Crippen LogP contribution is -2.19. The van der Waals surface area contributed by atoms with Crippen LogP contribution in [0.3, 0.4) is 0 Å². The maximum absolute atomic E-state index is 10.7. The summed E-state index contributed by atoms with van der Waals surface area (Å²) < 4.78 is 4.62. The molecule has 2 atom stereocenters. The number of epoxide rings is 1. The van der Waals surface area contributed by atoms with Crippen molar-refractivity contribution in [3.8, 4) is 0 Å². The third-order valence-corrected chi connectivity index (χ3v) is 1.92. The molecule has 68 valence electrons. The minimum atomic E-state index is -0.280.